The van der Waals surface area contributed by atoms with Crippen molar-refractivity contribution in [3.8, 4) is 0 Å². The summed E-state index contributed by atoms with van der Waals surface area (Å²) < 4.78 is 0.617. The molecule has 2 aliphatic rings. The highest BCUT2D eigenvalue weighted by molar-refractivity contribution is 8.00. The molecule has 1 aliphatic carbocycles. The van der Waals surface area contributed by atoms with Gasteiger partial charge in [-0.15, -0.1) is 0 Å². The van der Waals surface area contributed by atoms with Crippen LogP contribution in [0.25, 0.3) is 0 Å². The molecule has 0 aromatic rings. The maximum Gasteiger partial charge on any atom is 0.0282 e. The van der Waals surface area contributed by atoms with Gasteiger partial charge in [0.2, 0.25) is 0 Å². The van der Waals surface area contributed by atoms with E-state index in [-0.39, 0.29) is 0 Å². The maximum atomic E-state index is 3.79. The predicted molar refractivity (Wildman–Crippen MR) is 73.0 cm³/mol. The minimum Gasteiger partial charge on any atom is -0.312 e. The molecule has 0 aromatic heterocycles. The number of thioether (sulfide) groups is 2. The molecule has 0 aromatic carbocycles. The van der Waals surface area contributed by atoms with Crippen LogP contribution in [0.1, 0.15) is 33.1 Å². The maximum absolute atomic E-state index is 3.79. The Kier molecular flexibility index (Phi) is 3.64. The second-order valence-corrected chi connectivity index (χ2v) is 8.15. The first-order valence-corrected chi connectivity index (χ1v) is 8.30. The fraction of sp³-hybridized carbons (Fsp3) is 1.00. The van der Waals surface area contributed by atoms with Gasteiger partial charge in [0.25, 0.3) is 0 Å². The van der Waals surface area contributed by atoms with Crippen molar-refractivity contribution in [2.75, 3.05) is 24.3 Å². The summed E-state index contributed by atoms with van der Waals surface area (Å²) in [4.78, 5) is 0. The van der Waals surface area contributed by atoms with Crippen molar-refractivity contribution in [2.45, 2.75) is 43.9 Å². The van der Waals surface area contributed by atoms with Crippen LogP contribution in [0.15, 0.2) is 0 Å². The first-order valence-electron chi connectivity index (χ1n) is 5.92. The molecule has 3 heteroatoms. The van der Waals surface area contributed by atoms with Crippen molar-refractivity contribution in [3.05, 3.63) is 0 Å². The third-order valence-corrected chi connectivity index (χ3v) is 6.61. The number of rotatable bonds is 4. The first kappa shape index (κ1) is 12.1. The lowest BCUT2D eigenvalue weighted by Crippen LogP contribution is -2.43. The molecule has 2 rings (SSSR count). The molecule has 1 saturated heterocycles. The highest BCUT2D eigenvalue weighted by Gasteiger charge is 2.42. The first-order chi connectivity index (χ1) is 7.05. The normalized spacial score (nSPS) is 32.6. The van der Waals surface area contributed by atoms with E-state index in [1.54, 1.807) is 0 Å². The van der Waals surface area contributed by atoms with Gasteiger partial charge in [-0.1, -0.05) is 13.8 Å². The van der Waals surface area contributed by atoms with E-state index in [0.717, 1.165) is 6.04 Å². The van der Waals surface area contributed by atoms with Crippen LogP contribution in [-0.4, -0.2) is 35.1 Å². The fourth-order valence-corrected chi connectivity index (χ4v) is 4.36. The molecule has 0 bridgehead atoms. The zero-order valence-electron chi connectivity index (χ0n) is 10.1. The Morgan fingerprint density at radius 3 is 2.67 bits per heavy atom. The zero-order chi connectivity index (χ0) is 10.9. The van der Waals surface area contributed by atoms with Gasteiger partial charge in [0.1, 0.15) is 0 Å². The summed E-state index contributed by atoms with van der Waals surface area (Å²) in [5.74, 6) is 2.65. The third-order valence-electron chi connectivity index (χ3n) is 3.56. The molecule has 1 aliphatic heterocycles. The lowest BCUT2D eigenvalue weighted by Gasteiger charge is -2.35. The summed E-state index contributed by atoms with van der Waals surface area (Å²) in [6.07, 6.45) is 6.45. The SMILES string of the molecule is CSC1(CNC2CSCC(C)(C)C2)CC1. The lowest BCUT2D eigenvalue weighted by atomic mass is 9.88. The van der Waals surface area contributed by atoms with E-state index < -0.39 is 0 Å². The van der Waals surface area contributed by atoms with Gasteiger partial charge >= 0.3 is 0 Å². The average Bonchev–Trinajstić information content (AvgIpc) is 2.94. The van der Waals surface area contributed by atoms with Gasteiger partial charge < -0.3 is 5.32 Å². The number of nitrogens with one attached hydrogen (secondary N) is 1. The van der Waals surface area contributed by atoms with Crippen LogP contribution in [0.4, 0.5) is 0 Å². The third kappa shape index (κ3) is 3.31. The van der Waals surface area contributed by atoms with Gasteiger partial charge in [0.05, 0.1) is 0 Å². The fourth-order valence-electron chi connectivity index (χ4n) is 2.32. The van der Waals surface area contributed by atoms with Gasteiger partial charge in [-0.3, -0.25) is 0 Å². The molecule has 15 heavy (non-hydrogen) atoms. The molecule has 0 spiro atoms. The van der Waals surface area contributed by atoms with Crippen LogP contribution in [0.5, 0.6) is 0 Å². The van der Waals surface area contributed by atoms with E-state index in [4.69, 9.17) is 0 Å². The molecule has 1 N–H and O–H groups in total. The standard InChI is InChI=1S/C12H23NS2/c1-11(2)6-10(7-15-9-11)13-8-12(14-3)4-5-12/h10,13H,4-9H2,1-3H3. The smallest absolute Gasteiger partial charge is 0.0282 e. The molecular formula is C12H23NS2. The van der Waals surface area contributed by atoms with Gasteiger partial charge in [-0.05, 0) is 36.7 Å². The Morgan fingerprint density at radius 2 is 2.13 bits per heavy atom. The Morgan fingerprint density at radius 1 is 1.40 bits per heavy atom. The number of hydrogen-bond acceptors (Lipinski definition) is 3. The van der Waals surface area contributed by atoms with Crippen molar-refractivity contribution in [1.82, 2.24) is 5.32 Å². The molecule has 1 saturated carbocycles. The molecule has 1 atom stereocenters. The van der Waals surface area contributed by atoms with E-state index in [0.29, 0.717) is 10.2 Å². The van der Waals surface area contributed by atoms with Gasteiger partial charge in [-0.2, -0.15) is 23.5 Å². The molecule has 2 fully saturated rings. The van der Waals surface area contributed by atoms with E-state index in [1.165, 1.54) is 37.3 Å². The zero-order valence-corrected chi connectivity index (χ0v) is 11.8. The summed E-state index contributed by atoms with van der Waals surface area (Å²) in [5.41, 5.74) is 0.538. The lowest BCUT2D eigenvalue weighted by molar-refractivity contribution is 0.318. The monoisotopic (exact) mass is 245 g/mol. The van der Waals surface area contributed by atoms with E-state index >= 15 is 0 Å². The molecule has 1 unspecified atom stereocenters. The van der Waals surface area contributed by atoms with Crippen LogP contribution in [0.2, 0.25) is 0 Å². The molecular weight excluding hydrogens is 222 g/mol. The highest BCUT2D eigenvalue weighted by atomic mass is 32.2. The van der Waals surface area contributed by atoms with Crippen LogP contribution in [0.3, 0.4) is 0 Å². The van der Waals surface area contributed by atoms with Gasteiger partial charge in [-0.25, -0.2) is 0 Å². The summed E-state index contributed by atoms with van der Waals surface area (Å²) in [5, 5.41) is 3.79. The van der Waals surface area contributed by atoms with Crippen molar-refractivity contribution >= 4 is 23.5 Å². The van der Waals surface area contributed by atoms with E-state index in [9.17, 15) is 0 Å². The Bertz CT molecular complexity index is 224. The van der Waals surface area contributed by atoms with Crippen LogP contribution in [-0.2, 0) is 0 Å². The summed E-state index contributed by atoms with van der Waals surface area (Å²) in [6.45, 7) is 6.03. The second kappa shape index (κ2) is 4.50. The Labute approximate surface area is 103 Å². The van der Waals surface area contributed by atoms with Gasteiger partial charge in [0, 0.05) is 23.1 Å². The summed E-state index contributed by atoms with van der Waals surface area (Å²) in [6, 6.07) is 0.753. The number of hydrogen-bond donors (Lipinski definition) is 1. The van der Waals surface area contributed by atoms with Crippen LogP contribution < -0.4 is 5.32 Å². The van der Waals surface area contributed by atoms with Crippen LogP contribution in [0, 0.1) is 5.41 Å². The van der Waals surface area contributed by atoms with Crippen molar-refractivity contribution in [3.63, 3.8) is 0 Å². The predicted octanol–water partition coefficient (Wildman–Crippen LogP) is 3.00. The molecule has 1 nitrogen and oxygen atoms in total. The summed E-state index contributed by atoms with van der Waals surface area (Å²) >= 11 is 4.18. The molecule has 0 radical (unpaired) electrons. The van der Waals surface area contributed by atoms with E-state index in [1.807, 2.05) is 0 Å². The Hall–Kier alpha value is 0.660. The van der Waals surface area contributed by atoms with E-state index in [2.05, 4.69) is 48.9 Å². The van der Waals surface area contributed by atoms with Gasteiger partial charge in [0.15, 0.2) is 0 Å². The minimum atomic E-state index is 0.538. The van der Waals surface area contributed by atoms with Crippen molar-refractivity contribution in [2.24, 2.45) is 5.41 Å². The topological polar surface area (TPSA) is 12.0 Å². The molecule has 88 valence electrons. The minimum absolute atomic E-state index is 0.538. The Balaban J connectivity index is 1.75. The summed E-state index contributed by atoms with van der Waals surface area (Å²) in [7, 11) is 0. The quantitative estimate of drug-likeness (QED) is 0.818. The van der Waals surface area contributed by atoms with Crippen molar-refractivity contribution in [1.29, 1.82) is 0 Å². The highest BCUT2D eigenvalue weighted by Crippen LogP contribution is 2.46. The van der Waals surface area contributed by atoms with Crippen molar-refractivity contribution < 1.29 is 0 Å². The molecule has 1 heterocycles. The van der Waals surface area contributed by atoms with Crippen LogP contribution >= 0.6 is 23.5 Å². The second-order valence-electron chi connectivity index (χ2n) is 5.85. The average molecular weight is 245 g/mol. The molecule has 0 amide bonds. The largest absolute Gasteiger partial charge is 0.312 e.